The smallest absolute Gasteiger partial charge is 0.219 e. The van der Waals surface area contributed by atoms with Crippen LogP contribution in [0.25, 0.3) is 55.4 Å². The van der Waals surface area contributed by atoms with E-state index in [-0.39, 0.29) is 17.9 Å². The van der Waals surface area contributed by atoms with Crippen molar-refractivity contribution in [1.82, 2.24) is 0 Å². The van der Waals surface area contributed by atoms with Gasteiger partial charge in [0.25, 0.3) is 0 Å². The zero-order valence-corrected chi connectivity index (χ0v) is 23.6. The van der Waals surface area contributed by atoms with Crippen LogP contribution < -0.4 is 4.57 Å². The average Bonchev–Trinajstić information content (AvgIpc) is 3.36. The van der Waals surface area contributed by atoms with Gasteiger partial charge in [0.05, 0.1) is 22.8 Å². The molecule has 2 heterocycles. The number of nitriles is 1. The Labute approximate surface area is 242 Å². The van der Waals surface area contributed by atoms with E-state index in [1.54, 1.807) is 17.8 Å². The standard InChI is InChI=1S/C37H32FN2O/c1-23(2)13-15-29-22-40(4)33(20-32(29)38)34-24(3)14-17-30-31-18-16-28(21-39)35(37(31)41-36(30)34)27-12-8-11-26(19-27)25-9-6-5-7-10-25/h5-12,14,16-20,22-23H,13,15H2,1-4H3/q+1/i15D2. The molecule has 0 atom stereocenters. The number of furan rings is 1. The number of pyridine rings is 1. The first kappa shape index (κ1) is 24.1. The summed E-state index contributed by atoms with van der Waals surface area (Å²) in [6.45, 7) is 5.82. The van der Waals surface area contributed by atoms with Crippen molar-refractivity contribution in [3.8, 4) is 39.6 Å². The number of rotatable bonds is 6. The molecule has 41 heavy (non-hydrogen) atoms. The molecule has 6 aromatic rings. The monoisotopic (exact) mass is 541 g/mol. The normalized spacial score (nSPS) is 12.5. The summed E-state index contributed by atoms with van der Waals surface area (Å²) in [5.74, 6) is -0.511. The lowest BCUT2D eigenvalue weighted by molar-refractivity contribution is -0.661. The second-order valence-electron chi connectivity index (χ2n) is 11.0. The van der Waals surface area contributed by atoms with Gasteiger partial charge in [0.1, 0.15) is 24.0 Å². The quantitative estimate of drug-likeness (QED) is 0.197. The van der Waals surface area contributed by atoms with E-state index >= 15 is 4.39 Å². The van der Waals surface area contributed by atoms with Gasteiger partial charge in [-0.15, -0.1) is 0 Å². The van der Waals surface area contributed by atoms with Crippen LogP contribution >= 0.6 is 0 Å². The van der Waals surface area contributed by atoms with E-state index in [1.807, 2.05) is 81.4 Å². The van der Waals surface area contributed by atoms with E-state index in [4.69, 9.17) is 7.16 Å². The minimum Gasteiger partial charge on any atom is -0.454 e. The number of aromatic nitrogens is 1. The first-order valence-corrected chi connectivity index (χ1v) is 13.8. The van der Waals surface area contributed by atoms with Gasteiger partial charge in [0, 0.05) is 25.1 Å². The van der Waals surface area contributed by atoms with E-state index in [9.17, 15) is 5.26 Å². The van der Waals surface area contributed by atoms with Gasteiger partial charge in [-0.2, -0.15) is 5.26 Å². The van der Waals surface area contributed by atoms with Crippen LogP contribution in [0, 0.1) is 30.0 Å². The third-order valence-corrected chi connectivity index (χ3v) is 7.58. The molecule has 0 aliphatic heterocycles. The maximum atomic E-state index is 15.6. The van der Waals surface area contributed by atoms with Crippen LogP contribution in [0.3, 0.4) is 0 Å². The van der Waals surface area contributed by atoms with Gasteiger partial charge in [-0.05, 0) is 66.1 Å². The molecule has 0 saturated heterocycles. The molecule has 0 radical (unpaired) electrons. The zero-order valence-electron chi connectivity index (χ0n) is 25.6. The number of halogens is 1. The summed E-state index contributed by atoms with van der Waals surface area (Å²) in [4.78, 5) is 0. The van der Waals surface area contributed by atoms with Gasteiger partial charge >= 0.3 is 0 Å². The number of hydrogen-bond acceptors (Lipinski definition) is 2. The molecular formula is C37H32FN2O+. The lowest BCUT2D eigenvalue weighted by Gasteiger charge is -2.09. The Morgan fingerprint density at radius 1 is 0.878 bits per heavy atom. The Balaban J connectivity index is 1.58. The molecular weight excluding hydrogens is 507 g/mol. The third kappa shape index (κ3) is 4.78. The average molecular weight is 542 g/mol. The Hall–Kier alpha value is -4.75. The summed E-state index contributed by atoms with van der Waals surface area (Å²) in [6.07, 6.45) is -0.0228. The second kappa shape index (κ2) is 10.7. The Kier molecular flexibility index (Phi) is 6.27. The van der Waals surface area contributed by atoms with Crippen LogP contribution in [-0.2, 0) is 13.4 Å². The van der Waals surface area contributed by atoms with Crippen molar-refractivity contribution in [2.24, 2.45) is 13.0 Å². The molecule has 0 saturated carbocycles. The molecule has 2 aromatic heterocycles. The van der Waals surface area contributed by atoms with Gasteiger partial charge in [-0.3, -0.25) is 0 Å². The van der Waals surface area contributed by atoms with Gasteiger partial charge in [-0.25, -0.2) is 8.96 Å². The lowest BCUT2D eigenvalue weighted by Crippen LogP contribution is -2.32. The fraction of sp³-hybridized carbons (Fsp3) is 0.189. The molecule has 0 amide bonds. The van der Waals surface area contributed by atoms with Crippen LogP contribution in [0.15, 0.2) is 95.5 Å². The van der Waals surface area contributed by atoms with Crippen molar-refractivity contribution >= 4 is 21.9 Å². The van der Waals surface area contributed by atoms with Crippen LogP contribution in [-0.4, -0.2) is 0 Å². The largest absolute Gasteiger partial charge is 0.454 e. The van der Waals surface area contributed by atoms with E-state index in [0.717, 1.165) is 38.6 Å². The van der Waals surface area contributed by atoms with Gasteiger partial charge in [-0.1, -0.05) is 74.5 Å². The fourth-order valence-electron chi connectivity index (χ4n) is 5.50. The minimum atomic E-state index is -1.80. The number of benzene rings is 4. The molecule has 0 aliphatic rings. The third-order valence-electron chi connectivity index (χ3n) is 7.58. The van der Waals surface area contributed by atoms with Crippen LogP contribution in [0.5, 0.6) is 0 Å². The highest BCUT2D eigenvalue weighted by Crippen LogP contribution is 2.42. The van der Waals surface area contributed by atoms with Crippen LogP contribution in [0.2, 0.25) is 0 Å². The summed E-state index contributed by atoms with van der Waals surface area (Å²) in [6, 6.07) is 29.7. The summed E-state index contributed by atoms with van der Waals surface area (Å²) < 4.78 is 41.2. The highest BCUT2D eigenvalue weighted by atomic mass is 19.1. The number of nitrogens with zero attached hydrogens (tertiary/aromatic N) is 2. The molecule has 0 spiro atoms. The van der Waals surface area contributed by atoms with E-state index < -0.39 is 12.2 Å². The molecule has 0 aliphatic carbocycles. The Morgan fingerprint density at radius 3 is 2.29 bits per heavy atom. The Bertz CT molecular complexity index is 2060. The van der Waals surface area contributed by atoms with Crippen LogP contribution in [0.4, 0.5) is 4.39 Å². The summed E-state index contributed by atoms with van der Waals surface area (Å²) >= 11 is 0. The van der Waals surface area contributed by atoms with Crippen molar-refractivity contribution in [2.75, 3.05) is 0 Å². The maximum Gasteiger partial charge on any atom is 0.219 e. The first-order chi connectivity index (χ1) is 20.6. The SMILES string of the molecule is [2H]C([2H])(CC(C)C)c1c[n+](C)c(-c2c(C)ccc3c2oc2c(-c4cccc(-c5ccccc5)c4)c(C#N)ccc23)cc1F. The van der Waals surface area contributed by atoms with Crippen molar-refractivity contribution in [3.05, 3.63) is 114 Å². The molecule has 0 unspecified atom stereocenters. The summed E-state index contributed by atoms with van der Waals surface area (Å²) in [5.41, 5.74) is 7.64. The predicted octanol–water partition coefficient (Wildman–Crippen LogP) is 9.32. The van der Waals surface area contributed by atoms with Crippen LogP contribution in [0.1, 0.15) is 39.7 Å². The number of fused-ring (bicyclic) bond motifs is 3. The number of hydrogen-bond donors (Lipinski definition) is 0. The molecule has 202 valence electrons. The zero-order chi connectivity index (χ0) is 30.5. The highest BCUT2D eigenvalue weighted by Gasteiger charge is 2.25. The Morgan fingerprint density at radius 2 is 1.56 bits per heavy atom. The number of aryl methyl sites for hydroxylation is 3. The molecule has 4 heteroatoms. The molecule has 0 N–H and O–H groups in total. The fourth-order valence-corrected chi connectivity index (χ4v) is 5.50. The predicted molar refractivity (Wildman–Crippen MR) is 164 cm³/mol. The van der Waals surface area contributed by atoms with Gasteiger partial charge < -0.3 is 4.42 Å². The van der Waals surface area contributed by atoms with E-state index in [0.29, 0.717) is 28.0 Å². The molecule has 4 aromatic carbocycles. The molecule has 6 rings (SSSR count). The van der Waals surface area contributed by atoms with E-state index in [1.165, 1.54) is 6.07 Å². The summed E-state index contributed by atoms with van der Waals surface area (Å²) in [7, 11) is 1.80. The van der Waals surface area contributed by atoms with Crippen molar-refractivity contribution in [3.63, 3.8) is 0 Å². The molecule has 0 bridgehead atoms. The van der Waals surface area contributed by atoms with Gasteiger partial charge in [0.2, 0.25) is 5.69 Å². The van der Waals surface area contributed by atoms with E-state index in [2.05, 4.69) is 24.3 Å². The maximum absolute atomic E-state index is 15.6. The van der Waals surface area contributed by atoms with Crippen molar-refractivity contribution in [1.29, 1.82) is 5.26 Å². The molecule has 0 fully saturated rings. The topological polar surface area (TPSA) is 40.8 Å². The lowest BCUT2D eigenvalue weighted by atomic mass is 9.94. The van der Waals surface area contributed by atoms with Gasteiger partial charge in [0.15, 0.2) is 6.20 Å². The second-order valence-corrected chi connectivity index (χ2v) is 11.0. The minimum absolute atomic E-state index is 0.0427. The first-order valence-electron chi connectivity index (χ1n) is 14.8. The summed E-state index contributed by atoms with van der Waals surface area (Å²) in [5, 5.41) is 11.8. The molecule has 3 nitrogen and oxygen atoms in total. The van der Waals surface area contributed by atoms with Crippen molar-refractivity contribution in [2.45, 2.75) is 33.6 Å². The van der Waals surface area contributed by atoms with Crippen molar-refractivity contribution < 1.29 is 16.1 Å². The highest BCUT2D eigenvalue weighted by molar-refractivity contribution is 6.14.